The molecule has 0 aliphatic heterocycles. The second kappa shape index (κ2) is 6.01. The van der Waals surface area contributed by atoms with E-state index in [9.17, 15) is 8.78 Å². The van der Waals surface area contributed by atoms with Gasteiger partial charge in [0, 0.05) is 11.6 Å². The van der Waals surface area contributed by atoms with Crippen molar-refractivity contribution in [2.24, 2.45) is 5.92 Å². The maximum atomic E-state index is 13.8. The van der Waals surface area contributed by atoms with Crippen LogP contribution < -0.4 is 0 Å². The van der Waals surface area contributed by atoms with Gasteiger partial charge in [0.2, 0.25) is 0 Å². The molecule has 1 aliphatic rings. The Balaban J connectivity index is 2.21. The summed E-state index contributed by atoms with van der Waals surface area (Å²) in [6.07, 6.45) is 6.90. The van der Waals surface area contributed by atoms with E-state index in [2.05, 4.69) is 0 Å². The molecule has 0 heterocycles. The number of aryl methyl sites for hydroxylation is 1. The lowest BCUT2D eigenvalue weighted by Gasteiger charge is -2.21. The summed E-state index contributed by atoms with van der Waals surface area (Å²) in [4.78, 5) is 0. The van der Waals surface area contributed by atoms with Crippen molar-refractivity contribution in [1.29, 1.82) is 0 Å². The summed E-state index contributed by atoms with van der Waals surface area (Å²) in [5.41, 5.74) is 0.924. The fourth-order valence-corrected chi connectivity index (χ4v) is 3.17. The lowest BCUT2D eigenvalue weighted by molar-refractivity contribution is 0.433. The molecule has 1 aromatic rings. The van der Waals surface area contributed by atoms with Crippen molar-refractivity contribution in [1.82, 2.24) is 0 Å². The molecule has 1 unspecified atom stereocenters. The Hall–Kier alpha value is -0.630. The molecule has 1 aromatic carbocycles. The highest BCUT2D eigenvalue weighted by atomic mass is 35.5. The number of hydrogen-bond acceptors (Lipinski definition) is 0. The highest BCUT2D eigenvalue weighted by Crippen LogP contribution is 2.39. The Morgan fingerprint density at radius 3 is 2.28 bits per heavy atom. The summed E-state index contributed by atoms with van der Waals surface area (Å²) < 4.78 is 27.1. The molecule has 1 atom stereocenters. The normalized spacial score (nSPS) is 19.6. The van der Waals surface area contributed by atoms with Crippen LogP contribution in [0.2, 0.25) is 0 Å². The van der Waals surface area contributed by atoms with Crippen LogP contribution in [0.1, 0.15) is 55.0 Å². The molecule has 0 aromatic heterocycles. The summed E-state index contributed by atoms with van der Waals surface area (Å²) >= 11 is 6.42. The third-order valence-corrected chi connectivity index (χ3v) is 4.48. The maximum Gasteiger partial charge on any atom is 0.130 e. The first-order chi connectivity index (χ1) is 8.59. The van der Waals surface area contributed by atoms with Crippen LogP contribution in [0.15, 0.2) is 12.1 Å². The van der Waals surface area contributed by atoms with E-state index in [1.165, 1.54) is 12.8 Å². The highest BCUT2D eigenvalue weighted by Gasteiger charge is 2.25. The van der Waals surface area contributed by atoms with Crippen LogP contribution in [0, 0.1) is 24.5 Å². The quantitative estimate of drug-likeness (QED) is 0.491. The van der Waals surface area contributed by atoms with E-state index >= 15 is 0 Å². The lowest BCUT2D eigenvalue weighted by atomic mass is 9.91. The summed E-state index contributed by atoms with van der Waals surface area (Å²) in [7, 11) is 0. The average Bonchev–Trinajstić information content (AvgIpc) is 2.61. The van der Waals surface area contributed by atoms with Crippen LogP contribution in [0.5, 0.6) is 0 Å². The van der Waals surface area contributed by atoms with Gasteiger partial charge in [-0.1, -0.05) is 25.7 Å². The van der Waals surface area contributed by atoms with Crippen LogP contribution >= 0.6 is 11.6 Å². The van der Waals surface area contributed by atoms with Crippen LogP contribution in [0.4, 0.5) is 8.78 Å². The van der Waals surface area contributed by atoms with E-state index in [4.69, 9.17) is 11.6 Å². The molecule has 0 amide bonds. The van der Waals surface area contributed by atoms with Gasteiger partial charge in [-0.2, -0.15) is 0 Å². The third kappa shape index (κ3) is 3.03. The van der Waals surface area contributed by atoms with Gasteiger partial charge >= 0.3 is 0 Å². The van der Waals surface area contributed by atoms with Gasteiger partial charge in [-0.3, -0.25) is 0 Å². The largest absolute Gasteiger partial charge is 0.207 e. The molecule has 0 N–H and O–H groups in total. The molecule has 0 radical (unpaired) electrons. The van der Waals surface area contributed by atoms with Crippen molar-refractivity contribution in [2.45, 2.75) is 50.8 Å². The van der Waals surface area contributed by atoms with Crippen molar-refractivity contribution >= 4 is 11.6 Å². The Labute approximate surface area is 112 Å². The molecule has 0 saturated heterocycles. The van der Waals surface area contributed by atoms with E-state index in [-0.39, 0.29) is 5.38 Å². The van der Waals surface area contributed by atoms with Crippen molar-refractivity contribution < 1.29 is 8.78 Å². The van der Waals surface area contributed by atoms with E-state index in [1.54, 1.807) is 13.0 Å². The number of halogens is 3. The first-order valence-corrected chi connectivity index (χ1v) is 7.13. The predicted molar refractivity (Wildman–Crippen MR) is 70.9 cm³/mol. The van der Waals surface area contributed by atoms with Gasteiger partial charge in [0.15, 0.2) is 0 Å². The standard InChI is InChI=1S/C15H19ClF2/c1-10-8-12(14(18)9-13(10)17)15(16)11-6-4-2-3-5-7-11/h8-9,11,15H,2-7H2,1H3. The van der Waals surface area contributed by atoms with E-state index in [0.717, 1.165) is 31.7 Å². The van der Waals surface area contributed by atoms with Crippen LogP contribution in [0.3, 0.4) is 0 Å². The predicted octanol–water partition coefficient (Wildman–Crippen LogP) is 5.52. The van der Waals surface area contributed by atoms with Gasteiger partial charge in [-0.05, 0) is 37.3 Å². The third-order valence-electron chi connectivity index (χ3n) is 3.89. The molecule has 2 rings (SSSR count). The molecule has 3 heteroatoms. The minimum atomic E-state index is -0.512. The first-order valence-electron chi connectivity index (χ1n) is 6.69. The summed E-state index contributed by atoms with van der Waals surface area (Å²) in [5, 5.41) is -0.331. The van der Waals surface area contributed by atoms with E-state index in [1.807, 2.05) is 0 Å². The van der Waals surface area contributed by atoms with E-state index < -0.39 is 11.6 Å². The molecule has 100 valence electrons. The minimum absolute atomic E-state index is 0.313. The molecule has 0 nitrogen and oxygen atoms in total. The molecule has 1 saturated carbocycles. The number of hydrogen-bond donors (Lipinski definition) is 0. The maximum absolute atomic E-state index is 13.8. The summed E-state index contributed by atoms with van der Waals surface area (Å²) in [6, 6.07) is 2.52. The van der Waals surface area contributed by atoms with Gasteiger partial charge in [0.25, 0.3) is 0 Å². The SMILES string of the molecule is Cc1cc(C(Cl)C2CCCCCC2)c(F)cc1F. The van der Waals surface area contributed by atoms with Gasteiger partial charge in [-0.25, -0.2) is 8.78 Å². The molecule has 1 aliphatic carbocycles. The molecular weight excluding hydrogens is 254 g/mol. The second-order valence-electron chi connectivity index (χ2n) is 5.28. The molecule has 1 fully saturated rings. The zero-order valence-corrected chi connectivity index (χ0v) is 11.4. The van der Waals surface area contributed by atoms with Crippen LogP contribution in [-0.2, 0) is 0 Å². The van der Waals surface area contributed by atoms with E-state index in [0.29, 0.717) is 17.0 Å². The monoisotopic (exact) mass is 272 g/mol. The Morgan fingerprint density at radius 2 is 1.67 bits per heavy atom. The van der Waals surface area contributed by atoms with Crippen molar-refractivity contribution in [3.05, 3.63) is 34.9 Å². The highest BCUT2D eigenvalue weighted by molar-refractivity contribution is 6.21. The number of rotatable bonds is 2. The zero-order chi connectivity index (χ0) is 13.1. The zero-order valence-electron chi connectivity index (χ0n) is 10.7. The topological polar surface area (TPSA) is 0 Å². The fraction of sp³-hybridized carbons (Fsp3) is 0.600. The van der Waals surface area contributed by atoms with Gasteiger partial charge in [-0.15, -0.1) is 11.6 Å². The Kier molecular flexibility index (Phi) is 4.60. The number of benzene rings is 1. The minimum Gasteiger partial charge on any atom is -0.207 e. The molecule has 18 heavy (non-hydrogen) atoms. The van der Waals surface area contributed by atoms with Crippen molar-refractivity contribution in [3.63, 3.8) is 0 Å². The number of alkyl halides is 1. The lowest BCUT2D eigenvalue weighted by Crippen LogP contribution is -2.09. The van der Waals surface area contributed by atoms with Crippen molar-refractivity contribution in [3.8, 4) is 0 Å². The summed E-state index contributed by atoms with van der Waals surface area (Å²) in [6.45, 7) is 1.65. The molecular formula is C15H19ClF2. The fourth-order valence-electron chi connectivity index (χ4n) is 2.75. The smallest absolute Gasteiger partial charge is 0.130 e. The van der Waals surface area contributed by atoms with Gasteiger partial charge < -0.3 is 0 Å². The van der Waals surface area contributed by atoms with Gasteiger partial charge in [0.1, 0.15) is 11.6 Å². The Morgan fingerprint density at radius 1 is 1.06 bits per heavy atom. The second-order valence-corrected chi connectivity index (χ2v) is 5.75. The van der Waals surface area contributed by atoms with Crippen molar-refractivity contribution in [2.75, 3.05) is 0 Å². The van der Waals surface area contributed by atoms with Crippen LogP contribution in [0.25, 0.3) is 0 Å². The first kappa shape index (κ1) is 13.8. The van der Waals surface area contributed by atoms with Crippen LogP contribution in [-0.4, -0.2) is 0 Å². The molecule has 0 bridgehead atoms. The average molecular weight is 273 g/mol. The summed E-state index contributed by atoms with van der Waals surface area (Å²) in [5.74, 6) is -0.697. The molecule has 0 spiro atoms. The Bertz CT molecular complexity index is 409. The van der Waals surface area contributed by atoms with Gasteiger partial charge in [0.05, 0.1) is 5.38 Å².